The number of carbonyl (C=O) groups excluding carboxylic acids is 1. The third-order valence-electron chi connectivity index (χ3n) is 2.78. The number of nitriles is 1. The summed E-state index contributed by atoms with van der Waals surface area (Å²) in [6.45, 7) is 0. The molecule has 0 aliphatic heterocycles. The maximum atomic E-state index is 12.1. The molecule has 0 aliphatic rings. The van der Waals surface area contributed by atoms with Crippen LogP contribution in [0.5, 0.6) is 5.75 Å². The van der Waals surface area contributed by atoms with Crippen molar-refractivity contribution in [1.82, 2.24) is 0 Å². The lowest BCUT2D eigenvalue weighted by Gasteiger charge is -2.07. The summed E-state index contributed by atoms with van der Waals surface area (Å²) < 4.78 is 0. The van der Waals surface area contributed by atoms with E-state index in [-0.39, 0.29) is 11.3 Å². The van der Waals surface area contributed by atoms with E-state index in [1.165, 1.54) is 24.3 Å². The first-order valence-corrected chi connectivity index (χ1v) is 6.93. The van der Waals surface area contributed by atoms with Gasteiger partial charge in [-0.25, -0.2) is 0 Å². The number of carbonyl (C=O) groups is 1. The highest BCUT2D eigenvalue weighted by molar-refractivity contribution is 6.36. The summed E-state index contributed by atoms with van der Waals surface area (Å²) >= 11 is 11.8. The second-order valence-corrected chi connectivity index (χ2v) is 5.15. The standard InChI is InChI=1S/C16H10Cl2N2O2/c17-12-5-6-13(18)14(8-12)20-16(22)11(9-19)7-10-3-1-2-4-15(10)21/h1-8,21H,(H,20,22)/b11-7-. The van der Waals surface area contributed by atoms with Gasteiger partial charge >= 0.3 is 0 Å². The molecule has 6 heteroatoms. The predicted molar refractivity (Wildman–Crippen MR) is 86.8 cm³/mol. The molecule has 22 heavy (non-hydrogen) atoms. The van der Waals surface area contributed by atoms with E-state index in [1.54, 1.807) is 30.3 Å². The summed E-state index contributed by atoms with van der Waals surface area (Å²) in [4.78, 5) is 12.1. The second kappa shape index (κ2) is 6.99. The number of amides is 1. The number of hydrogen-bond donors (Lipinski definition) is 2. The maximum Gasteiger partial charge on any atom is 0.266 e. The highest BCUT2D eigenvalue weighted by Crippen LogP contribution is 2.26. The van der Waals surface area contributed by atoms with Gasteiger partial charge in [0.2, 0.25) is 0 Å². The summed E-state index contributed by atoms with van der Waals surface area (Å²) in [5, 5.41) is 22.0. The van der Waals surface area contributed by atoms with E-state index >= 15 is 0 Å². The summed E-state index contributed by atoms with van der Waals surface area (Å²) in [6.07, 6.45) is 1.29. The minimum Gasteiger partial charge on any atom is -0.507 e. The average Bonchev–Trinajstić information content (AvgIpc) is 2.50. The molecule has 2 aromatic rings. The van der Waals surface area contributed by atoms with Gasteiger partial charge < -0.3 is 10.4 Å². The van der Waals surface area contributed by atoms with Gasteiger partial charge in [0.05, 0.1) is 10.7 Å². The first-order chi connectivity index (χ1) is 10.5. The molecule has 110 valence electrons. The van der Waals surface area contributed by atoms with Gasteiger partial charge in [-0.15, -0.1) is 0 Å². The Balaban J connectivity index is 2.29. The third-order valence-corrected chi connectivity index (χ3v) is 3.34. The van der Waals surface area contributed by atoms with Crippen LogP contribution < -0.4 is 5.32 Å². The molecular formula is C16H10Cl2N2O2. The van der Waals surface area contributed by atoms with Gasteiger partial charge in [0.15, 0.2) is 0 Å². The molecule has 0 unspecified atom stereocenters. The zero-order valence-electron chi connectivity index (χ0n) is 11.2. The highest BCUT2D eigenvalue weighted by atomic mass is 35.5. The molecule has 0 saturated heterocycles. The number of phenolic OH excluding ortho intramolecular Hbond substituents is 1. The second-order valence-electron chi connectivity index (χ2n) is 4.31. The van der Waals surface area contributed by atoms with Crippen LogP contribution >= 0.6 is 23.2 Å². The molecule has 1 amide bonds. The first-order valence-electron chi connectivity index (χ1n) is 6.17. The smallest absolute Gasteiger partial charge is 0.266 e. The van der Waals surface area contributed by atoms with E-state index in [9.17, 15) is 9.90 Å². The monoisotopic (exact) mass is 332 g/mol. The van der Waals surface area contributed by atoms with Gasteiger partial charge in [0.1, 0.15) is 17.4 Å². The van der Waals surface area contributed by atoms with Crippen molar-refractivity contribution >= 4 is 40.9 Å². The Kier molecular flexibility index (Phi) is 5.05. The molecule has 0 atom stereocenters. The number of hydrogen-bond acceptors (Lipinski definition) is 3. The first kappa shape index (κ1) is 15.9. The number of rotatable bonds is 3. The fourth-order valence-corrected chi connectivity index (χ4v) is 2.03. The normalized spacial score (nSPS) is 10.9. The lowest BCUT2D eigenvalue weighted by Crippen LogP contribution is -2.13. The molecule has 0 aromatic heterocycles. The number of halogens is 2. The lowest BCUT2D eigenvalue weighted by molar-refractivity contribution is -0.112. The van der Waals surface area contributed by atoms with Crippen LogP contribution in [0.1, 0.15) is 5.56 Å². The number of phenols is 1. The Morgan fingerprint density at radius 2 is 1.95 bits per heavy atom. The number of anilines is 1. The predicted octanol–water partition coefficient (Wildman–Crippen LogP) is 4.24. The van der Waals surface area contributed by atoms with Crippen LogP contribution in [0, 0.1) is 11.3 Å². The minimum atomic E-state index is -0.644. The fourth-order valence-electron chi connectivity index (χ4n) is 1.70. The van der Waals surface area contributed by atoms with Gasteiger partial charge in [-0.3, -0.25) is 4.79 Å². The van der Waals surface area contributed by atoms with Crippen molar-refractivity contribution in [3.63, 3.8) is 0 Å². The molecule has 4 nitrogen and oxygen atoms in total. The molecule has 0 aliphatic carbocycles. The molecule has 0 spiro atoms. The highest BCUT2D eigenvalue weighted by Gasteiger charge is 2.12. The SMILES string of the molecule is N#C/C(=C/c1ccccc1O)C(=O)Nc1cc(Cl)ccc1Cl. The van der Waals surface area contributed by atoms with E-state index in [1.807, 2.05) is 0 Å². The fraction of sp³-hybridized carbons (Fsp3) is 0. The van der Waals surface area contributed by atoms with Gasteiger partial charge in [0, 0.05) is 10.6 Å². The van der Waals surface area contributed by atoms with E-state index < -0.39 is 5.91 Å². The Morgan fingerprint density at radius 1 is 1.23 bits per heavy atom. The Morgan fingerprint density at radius 3 is 2.64 bits per heavy atom. The molecule has 0 fully saturated rings. The Hall–Kier alpha value is -2.48. The lowest BCUT2D eigenvalue weighted by atomic mass is 10.1. The molecule has 0 bridgehead atoms. The van der Waals surface area contributed by atoms with E-state index in [0.29, 0.717) is 21.3 Å². The number of aromatic hydroxyl groups is 1. The van der Waals surface area contributed by atoms with Crippen LogP contribution in [-0.2, 0) is 4.79 Å². The Labute approximate surface area is 137 Å². The van der Waals surface area contributed by atoms with Crippen LogP contribution in [-0.4, -0.2) is 11.0 Å². The van der Waals surface area contributed by atoms with Gasteiger partial charge in [-0.05, 0) is 30.3 Å². The average molecular weight is 333 g/mol. The van der Waals surface area contributed by atoms with Crippen LogP contribution in [0.3, 0.4) is 0 Å². The van der Waals surface area contributed by atoms with Crippen molar-refractivity contribution < 1.29 is 9.90 Å². The van der Waals surface area contributed by atoms with Crippen molar-refractivity contribution in [2.24, 2.45) is 0 Å². The van der Waals surface area contributed by atoms with Crippen LogP contribution in [0.4, 0.5) is 5.69 Å². The number of nitrogens with zero attached hydrogens (tertiary/aromatic N) is 1. The number of para-hydroxylation sites is 1. The minimum absolute atomic E-state index is 0.0242. The van der Waals surface area contributed by atoms with E-state index in [4.69, 9.17) is 28.5 Å². The molecule has 0 saturated carbocycles. The van der Waals surface area contributed by atoms with Crippen molar-refractivity contribution in [2.45, 2.75) is 0 Å². The van der Waals surface area contributed by atoms with Crippen LogP contribution in [0.25, 0.3) is 6.08 Å². The maximum absolute atomic E-state index is 12.1. The molecular weight excluding hydrogens is 323 g/mol. The van der Waals surface area contributed by atoms with Gasteiger partial charge in [-0.1, -0.05) is 41.4 Å². The molecule has 2 rings (SSSR count). The summed E-state index contributed by atoms with van der Waals surface area (Å²) in [7, 11) is 0. The largest absolute Gasteiger partial charge is 0.507 e. The Bertz CT molecular complexity index is 795. The zero-order chi connectivity index (χ0) is 16.1. The van der Waals surface area contributed by atoms with E-state index in [2.05, 4.69) is 5.32 Å². The van der Waals surface area contributed by atoms with Crippen LogP contribution in [0.15, 0.2) is 48.0 Å². The molecule has 0 heterocycles. The number of nitrogens with one attached hydrogen (secondary N) is 1. The zero-order valence-corrected chi connectivity index (χ0v) is 12.7. The third kappa shape index (κ3) is 3.79. The summed E-state index contributed by atoms with van der Waals surface area (Å²) in [5.41, 5.74) is 0.501. The molecule has 2 aromatic carbocycles. The summed E-state index contributed by atoms with van der Waals surface area (Å²) in [6, 6.07) is 12.8. The van der Waals surface area contributed by atoms with Crippen molar-refractivity contribution in [2.75, 3.05) is 5.32 Å². The molecule has 2 N–H and O–H groups in total. The summed E-state index contributed by atoms with van der Waals surface area (Å²) in [5.74, 6) is -0.668. The van der Waals surface area contributed by atoms with Gasteiger partial charge in [-0.2, -0.15) is 5.26 Å². The molecule has 0 radical (unpaired) electrons. The number of benzene rings is 2. The van der Waals surface area contributed by atoms with Crippen molar-refractivity contribution in [3.05, 3.63) is 63.6 Å². The van der Waals surface area contributed by atoms with Gasteiger partial charge in [0.25, 0.3) is 5.91 Å². The quantitative estimate of drug-likeness (QED) is 0.652. The van der Waals surface area contributed by atoms with Crippen molar-refractivity contribution in [3.8, 4) is 11.8 Å². The van der Waals surface area contributed by atoms with Crippen molar-refractivity contribution in [1.29, 1.82) is 5.26 Å². The van der Waals surface area contributed by atoms with E-state index in [0.717, 1.165) is 0 Å². The van der Waals surface area contributed by atoms with Crippen LogP contribution in [0.2, 0.25) is 10.0 Å². The topological polar surface area (TPSA) is 73.1 Å².